The van der Waals surface area contributed by atoms with Gasteiger partial charge in [-0.15, -0.1) is 0 Å². The van der Waals surface area contributed by atoms with Crippen molar-refractivity contribution in [3.05, 3.63) is 29.6 Å². The second-order valence-electron chi connectivity index (χ2n) is 4.84. The van der Waals surface area contributed by atoms with Crippen LogP contribution in [0.5, 0.6) is 5.75 Å². The van der Waals surface area contributed by atoms with Crippen LogP contribution in [0.4, 0.5) is 4.39 Å². The Labute approximate surface area is 112 Å². The zero-order valence-electron chi connectivity index (χ0n) is 11.2. The van der Waals surface area contributed by atoms with E-state index < -0.39 is 11.9 Å². The van der Waals surface area contributed by atoms with Gasteiger partial charge >= 0.3 is 0 Å². The van der Waals surface area contributed by atoms with Gasteiger partial charge < -0.3 is 15.4 Å². The molecular weight excluding hydrogens is 247 g/mol. The quantitative estimate of drug-likeness (QED) is 0.822. The van der Waals surface area contributed by atoms with E-state index in [0.29, 0.717) is 6.54 Å². The number of hydrogen-bond acceptors (Lipinski definition) is 3. The van der Waals surface area contributed by atoms with Gasteiger partial charge in [-0.2, -0.15) is 0 Å². The normalized spacial score (nSPS) is 15.9. The fourth-order valence-electron chi connectivity index (χ4n) is 1.74. The van der Waals surface area contributed by atoms with Crippen molar-refractivity contribution in [1.29, 1.82) is 0 Å². The van der Waals surface area contributed by atoms with Crippen LogP contribution in [0.25, 0.3) is 0 Å². The maximum Gasteiger partial charge on any atom is 0.260 e. The molecule has 0 spiro atoms. The summed E-state index contributed by atoms with van der Waals surface area (Å²) in [5.41, 5.74) is 0.836. The lowest BCUT2D eigenvalue weighted by Crippen LogP contribution is -2.37. The van der Waals surface area contributed by atoms with Crippen molar-refractivity contribution in [1.82, 2.24) is 10.6 Å². The highest BCUT2D eigenvalue weighted by Gasteiger charge is 2.26. The zero-order chi connectivity index (χ0) is 13.8. The van der Waals surface area contributed by atoms with Crippen LogP contribution in [0.15, 0.2) is 18.2 Å². The van der Waals surface area contributed by atoms with E-state index in [1.807, 2.05) is 0 Å². The van der Waals surface area contributed by atoms with Crippen LogP contribution in [0.2, 0.25) is 0 Å². The number of nitrogens with one attached hydrogen (secondary N) is 2. The molecule has 1 atom stereocenters. The van der Waals surface area contributed by atoms with Gasteiger partial charge in [-0.1, -0.05) is 6.07 Å². The van der Waals surface area contributed by atoms with Crippen LogP contribution in [-0.2, 0) is 11.3 Å². The Kier molecular flexibility index (Phi) is 4.37. The number of benzene rings is 1. The number of carbonyl (C=O) groups is 1. The van der Waals surface area contributed by atoms with Crippen molar-refractivity contribution in [3.8, 4) is 5.75 Å². The number of rotatable bonds is 6. The van der Waals surface area contributed by atoms with Gasteiger partial charge in [-0.3, -0.25) is 4.79 Å². The van der Waals surface area contributed by atoms with Crippen molar-refractivity contribution in [3.63, 3.8) is 0 Å². The predicted octanol–water partition coefficient (Wildman–Crippen LogP) is 1.59. The predicted molar refractivity (Wildman–Crippen MR) is 70.4 cm³/mol. The number of ether oxygens (including phenoxy) is 1. The minimum atomic E-state index is -0.690. The molecule has 1 fully saturated rings. The minimum Gasteiger partial charge on any atom is -0.478 e. The summed E-state index contributed by atoms with van der Waals surface area (Å²) in [5, 5.41) is 5.78. The maximum absolute atomic E-state index is 13.8. The fourth-order valence-corrected chi connectivity index (χ4v) is 1.74. The molecule has 0 bridgehead atoms. The van der Waals surface area contributed by atoms with E-state index in [-0.39, 0.29) is 17.7 Å². The van der Waals surface area contributed by atoms with Crippen molar-refractivity contribution in [2.24, 2.45) is 0 Å². The molecular formula is C14H19FN2O2. The van der Waals surface area contributed by atoms with E-state index in [2.05, 4.69) is 10.6 Å². The summed E-state index contributed by atoms with van der Waals surface area (Å²) in [6.07, 6.45) is 1.35. The molecule has 0 saturated heterocycles. The molecule has 2 rings (SSSR count). The summed E-state index contributed by atoms with van der Waals surface area (Å²) in [6.45, 7) is 2.22. The van der Waals surface area contributed by atoms with Gasteiger partial charge in [0.1, 0.15) is 0 Å². The highest BCUT2D eigenvalue weighted by molar-refractivity contribution is 5.81. The summed E-state index contributed by atoms with van der Waals surface area (Å²) < 4.78 is 19.1. The summed E-state index contributed by atoms with van der Waals surface area (Å²) >= 11 is 0. The molecule has 2 N–H and O–H groups in total. The summed E-state index contributed by atoms with van der Waals surface area (Å²) in [6, 6.07) is 5.03. The summed E-state index contributed by atoms with van der Waals surface area (Å²) in [5.74, 6) is -0.529. The third-order valence-corrected chi connectivity index (χ3v) is 2.97. The van der Waals surface area contributed by atoms with E-state index in [1.54, 1.807) is 26.1 Å². The molecule has 4 nitrogen and oxygen atoms in total. The third-order valence-electron chi connectivity index (χ3n) is 2.97. The lowest BCUT2D eigenvalue weighted by molar-refractivity contribution is -0.127. The largest absolute Gasteiger partial charge is 0.478 e. The van der Waals surface area contributed by atoms with E-state index in [0.717, 1.165) is 18.4 Å². The van der Waals surface area contributed by atoms with E-state index >= 15 is 0 Å². The van der Waals surface area contributed by atoms with Gasteiger partial charge in [0.25, 0.3) is 5.91 Å². The van der Waals surface area contributed by atoms with Gasteiger partial charge in [0.05, 0.1) is 0 Å². The van der Waals surface area contributed by atoms with E-state index in [9.17, 15) is 9.18 Å². The average molecular weight is 266 g/mol. The molecule has 1 aliphatic carbocycles. The van der Waals surface area contributed by atoms with Crippen molar-refractivity contribution < 1.29 is 13.9 Å². The topological polar surface area (TPSA) is 50.4 Å². The third kappa shape index (κ3) is 3.92. The molecule has 1 aromatic rings. The van der Waals surface area contributed by atoms with E-state index in [4.69, 9.17) is 4.74 Å². The highest BCUT2D eigenvalue weighted by atomic mass is 19.1. The van der Waals surface area contributed by atoms with Gasteiger partial charge in [-0.25, -0.2) is 4.39 Å². The maximum atomic E-state index is 13.8. The van der Waals surface area contributed by atoms with Gasteiger partial charge in [-0.05, 0) is 44.5 Å². The average Bonchev–Trinajstić information content (AvgIpc) is 3.16. The number of carbonyl (C=O) groups excluding carboxylic acids is 1. The van der Waals surface area contributed by atoms with E-state index in [1.165, 1.54) is 6.07 Å². The first kappa shape index (κ1) is 13.8. The first-order valence-electron chi connectivity index (χ1n) is 6.50. The Balaban J connectivity index is 1.95. The lowest BCUT2D eigenvalue weighted by atomic mass is 10.2. The monoisotopic (exact) mass is 266 g/mol. The molecule has 0 aliphatic heterocycles. The first-order valence-corrected chi connectivity index (χ1v) is 6.50. The van der Waals surface area contributed by atoms with Gasteiger partial charge in [0, 0.05) is 12.6 Å². The Hall–Kier alpha value is -1.62. The fraction of sp³-hybridized carbons (Fsp3) is 0.500. The van der Waals surface area contributed by atoms with Crippen molar-refractivity contribution in [2.45, 2.75) is 38.5 Å². The van der Waals surface area contributed by atoms with Crippen molar-refractivity contribution >= 4 is 5.91 Å². The summed E-state index contributed by atoms with van der Waals surface area (Å²) in [7, 11) is 1.80. The van der Waals surface area contributed by atoms with Crippen LogP contribution in [0, 0.1) is 5.82 Å². The van der Waals surface area contributed by atoms with Crippen LogP contribution in [0.3, 0.4) is 0 Å². The number of amides is 1. The molecule has 1 aromatic carbocycles. The smallest absolute Gasteiger partial charge is 0.260 e. The Morgan fingerprint density at radius 3 is 2.84 bits per heavy atom. The molecule has 19 heavy (non-hydrogen) atoms. The SMILES string of the molecule is CNCc1ccc(OC(C)C(=O)NC2CC2)c(F)c1. The van der Waals surface area contributed by atoms with Gasteiger partial charge in [0.15, 0.2) is 17.7 Å². The Bertz CT molecular complexity index is 461. The highest BCUT2D eigenvalue weighted by Crippen LogP contribution is 2.21. The zero-order valence-corrected chi connectivity index (χ0v) is 11.2. The van der Waals surface area contributed by atoms with Gasteiger partial charge in [0.2, 0.25) is 0 Å². The second kappa shape index (κ2) is 6.02. The molecule has 1 aliphatic rings. The molecule has 5 heteroatoms. The molecule has 0 radical (unpaired) electrons. The first-order chi connectivity index (χ1) is 9.10. The Morgan fingerprint density at radius 2 is 2.26 bits per heavy atom. The van der Waals surface area contributed by atoms with Crippen LogP contribution >= 0.6 is 0 Å². The molecule has 104 valence electrons. The minimum absolute atomic E-state index is 0.110. The summed E-state index contributed by atoms with van der Waals surface area (Å²) in [4.78, 5) is 11.7. The van der Waals surface area contributed by atoms with Crippen LogP contribution in [-0.4, -0.2) is 25.1 Å². The number of halogens is 1. The number of hydrogen-bond donors (Lipinski definition) is 2. The molecule has 1 unspecified atom stereocenters. The van der Waals surface area contributed by atoms with Crippen LogP contribution in [0.1, 0.15) is 25.3 Å². The lowest BCUT2D eigenvalue weighted by Gasteiger charge is -2.15. The molecule has 0 aromatic heterocycles. The standard InChI is InChI=1S/C14H19FN2O2/c1-9(14(18)17-11-4-5-11)19-13-6-3-10(8-16-2)7-12(13)15/h3,6-7,9,11,16H,4-5,8H2,1-2H3,(H,17,18). The van der Waals surface area contributed by atoms with Crippen molar-refractivity contribution in [2.75, 3.05) is 7.05 Å². The second-order valence-corrected chi connectivity index (χ2v) is 4.84. The van der Waals surface area contributed by atoms with Crippen LogP contribution < -0.4 is 15.4 Å². The molecule has 1 amide bonds. The molecule has 1 saturated carbocycles. The Morgan fingerprint density at radius 1 is 1.53 bits per heavy atom. The molecule has 0 heterocycles.